The molecule has 0 bridgehead atoms. The lowest BCUT2D eigenvalue weighted by atomic mass is 10.1. The van der Waals surface area contributed by atoms with Gasteiger partial charge in [0.25, 0.3) is 0 Å². The largest absolute Gasteiger partial charge is 0.370 e. The van der Waals surface area contributed by atoms with Crippen LogP contribution in [0.1, 0.15) is 23.9 Å². The van der Waals surface area contributed by atoms with Gasteiger partial charge in [-0.05, 0) is 31.2 Å². The Balaban J connectivity index is 1.11. The highest BCUT2D eigenvalue weighted by Gasteiger charge is 2.30. The first-order valence-electron chi connectivity index (χ1n) is 12.9. The molecule has 0 saturated carbocycles. The fourth-order valence-electron chi connectivity index (χ4n) is 5.67. The van der Waals surface area contributed by atoms with E-state index in [2.05, 4.69) is 55.1 Å². The maximum atomic E-state index is 9.50. The zero-order valence-electron chi connectivity index (χ0n) is 20.7. The molecule has 2 atom stereocenters. The van der Waals surface area contributed by atoms with Crippen molar-refractivity contribution >= 4 is 22.4 Å². The van der Waals surface area contributed by atoms with Crippen LogP contribution in [-0.2, 0) is 17.7 Å². The van der Waals surface area contributed by atoms with Gasteiger partial charge in [0.05, 0.1) is 40.9 Å². The number of morpholine rings is 1. The summed E-state index contributed by atoms with van der Waals surface area (Å²) in [6.07, 6.45) is 4.91. The summed E-state index contributed by atoms with van der Waals surface area (Å²) in [6.45, 7) is 10.3. The third-order valence-electron chi connectivity index (χ3n) is 7.44. The van der Waals surface area contributed by atoms with Gasteiger partial charge in [-0.1, -0.05) is 0 Å². The van der Waals surface area contributed by atoms with E-state index in [-0.39, 0.29) is 12.2 Å². The summed E-state index contributed by atoms with van der Waals surface area (Å²) in [5.41, 5.74) is 4.74. The van der Waals surface area contributed by atoms with E-state index < -0.39 is 0 Å². The van der Waals surface area contributed by atoms with Gasteiger partial charge in [0, 0.05) is 82.6 Å². The summed E-state index contributed by atoms with van der Waals surface area (Å²) in [6, 6.07) is 10.2. The average Bonchev–Trinajstić information content (AvgIpc) is 2.92. The zero-order valence-corrected chi connectivity index (χ0v) is 20.7. The van der Waals surface area contributed by atoms with E-state index in [0.29, 0.717) is 5.56 Å². The molecule has 0 spiro atoms. The molecule has 2 fully saturated rings. The van der Waals surface area contributed by atoms with Crippen molar-refractivity contribution < 1.29 is 4.74 Å². The van der Waals surface area contributed by atoms with Crippen molar-refractivity contribution in [2.24, 2.45) is 0 Å². The number of piperazine rings is 1. The molecule has 0 aliphatic carbocycles. The van der Waals surface area contributed by atoms with Gasteiger partial charge in [-0.2, -0.15) is 5.26 Å². The van der Waals surface area contributed by atoms with Crippen LogP contribution in [0.3, 0.4) is 0 Å². The molecular weight excluding hydrogens is 452 g/mol. The van der Waals surface area contributed by atoms with Gasteiger partial charge in [-0.15, -0.1) is 0 Å². The Kier molecular flexibility index (Phi) is 6.40. The second kappa shape index (κ2) is 9.97. The van der Waals surface area contributed by atoms with Crippen LogP contribution in [0.4, 0.5) is 11.5 Å². The van der Waals surface area contributed by atoms with Crippen LogP contribution < -0.4 is 15.1 Å². The quantitative estimate of drug-likeness (QED) is 0.596. The summed E-state index contributed by atoms with van der Waals surface area (Å²) < 4.78 is 6.38. The minimum absolute atomic E-state index is 0.122. The molecule has 9 nitrogen and oxygen atoms in total. The predicted octanol–water partition coefficient (Wildman–Crippen LogP) is 1.96. The number of anilines is 2. The molecule has 186 valence electrons. The SMILES string of the molecule is CC1CN(c2ccc(C#N)c3ncccc23)CC(CN2CCN(c3cnc4c(n3)CNCC4)CC2)O1. The molecule has 9 heteroatoms. The van der Waals surface area contributed by atoms with Gasteiger partial charge >= 0.3 is 0 Å². The van der Waals surface area contributed by atoms with Crippen molar-refractivity contribution in [2.45, 2.75) is 32.1 Å². The third kappa shape index (κ3) is 4.60. The Morgan fingerprint density at radius 2 is 1.97 bits per heavy atom. The highest BCUT2D eigenvalue weighted by atomic mass is 16.5. The maximum Gasteiger partial charge on any atom is 0.147 e. The monoisotopic (exact) mass is 484 g/mol. The topological polar surface area (TPSA) is 93.4 Å². The van der Waals surface area contributed by atoms with Gasteiger partial charge < -0.3 is 19.9 Å². The number of hydrogen-bond acceptors (Lipinski definition) is 9. The van der Waals surface area contributed by atoms with Gasteiger partial charge in [0.1, 0.15) is 11.9 Å². The molecule has 3 aliphatic heterocycles. The summed E-state index contributed by atoms with van der Waals surface area (Å²) in [4.78, 5) is 21.3. The number of nitriles is 1. The molecule has 1 aromatic carbocycles. The van der Waals surface area contributed by atoms with Crippen molar-refractivity contribution in [3.05, 3.63) is 53.6 Å². The summed E-state index contributed by atoms with van der Waals surface area (Å²) >= 11 is 0. The van der Waals surface area contributed by atoms with Gasteiger partial charge in [-0.25, -0.2) is 4.98 Å². The third-order valence-corrected chi connectivity index (χ3v) is 7.44. The predicted molar refractivity (Wildman–Crippen MR) is 139 cm³/mol. The molecule has 2 saturated heterocycles. The van der Waals surface area contributed by atoms with Crippen molar-refractivity contribution in [3.63, 3.8) is 0 Å². The van der Waals surface area contributed by atoms with E-state index in [0.717, 1.165) is 99.1 Å². The summed E-state index contributed by atoms with van der Waals surface area (Å²) in [5.74, 6) is 0.993. The van der Waals surface area contributed by atoms with E-state index >= 15 is 0 Å². The van der Waals surface area contributed by atoms with Crippen LogP contribution in [0.15, 0.2) is 36.7 Å². The van der Waals surface area contributed by atoms with E-state index in [4.69, 9.17) is 9.72 Å². The Morgan fingerprint density at radius 3 is 2.83 bits per heavy atom. The lowest BCUT2D eigenvalue weighted by Crippen LogP contribution is -2.54. The normalized spacial score (nSPS) is 22.9. The number of ether oxygens (including phenoxy) is 1. The Bertz CT molecular complexity index is 1280. The van der Waals surface area contributed by atoms with Crippen molar-refractivity contribution in [1.82, 2.24) is 25.2 Å². The number of pyridine rings is 1. The smallest absolute Gasteiger partial charge is 0.147 e. The van der Waals surface area contributed by atoms with E-state index in [1.165, 1.54) is 0 Å². The van der Waals surface area contributed by atoms with Crippen LogP contribution in [-0.4, -0.2) is 84.4 Å². The van der Waals surface area contributed by atoms with E-state index in [1.807, 2.05) is 18.3 Å². The van der Waals surface area contributed by atoms with Gasteiger partial charge in [-0.3, -0.25) is 14.9 Å². The molecule has 3 aliphatic rings. The number of hydrogen-bond donors (Lipinski definition) is 1. The molecule has 2 unspecified atom stereocenters. The fourth-order valence-corrected chi connectivity index (χ4v) is 5.67. The van der Waals surface area contributed by atoms with Crippen LogP contribution in [0.25, 0.3) is 10.9 Å². The van der Waals surface area contributed by atoms with Crippen molar-refractivity contribution in [3.8, 4) is 6.07 Å². The molecule has 0 amide bonds. The number of nitrogens with zero attached hydrogens (tertiary/aromatic N) is 7. The van der Waals surface area contributed by atoms with E-state index in [1.54, 1.807) is 6.20 Å². The van der Waals surface area contributed by atoms with Crippen LogP contribution >= 0.6 is 0 Å². The highest BCUT2D eigenvalue weighted by Crippen LogP contribution is 2.30. The lowest BCUT2D eigenvalue weighted by molar-refractivity contribution is -0.0327. The molecule has 2 aromatic heterocycles. The molecule has 1 N–H and O–H groups in total. The Labute approximate surface area is 211 Å². The van der Waals surface area contributed by atoms with E-state index in [9.17, 15) is 5.26 Å². The molecule has 6 rings (SSSR count). The summed E-state index contributed by atoms with van der Waals surface area (Å²) in [7, 11) is 0. The minimum atomic E-state index is 0.122. The van der Waals surface area contributed by atoms with Crippen molar-refractivity contribution in [1.29, 1.82) is 5.26 Å². The number of aromatic nitrogens is 3. The number of fused-ring (bicyclic) bond motifs is 2. The Hall–Kier alpha value is -3.32. The van der Waals surface area contributed by atoms with Crippen LogP contribution in [0.5, 0.6) is 0 Å². The molecule has 36 heavy (non-hydrogen) atoms. The molecule has 0 radical (unpaired) electrons. The average molecular weight is 485 g/mol. The highest BCUT2D eigenvalue weighted by molar-refractivity contribution is 5.95. The molecule has 5 heterocycles. The number of rotatable bonds is 4. The summed E-state index contributed by atoms with van der Waals surface area (Å²) in [5, 5.41) is 13.9. The second-order valence-corrected chi connectivity index (χ2v) is 9.95. The maximum absolute atomic E-state index is 9.50. The van der Waals surface area contributed by atoms with Crippen molar-refractivity contribution in [2.75, 3.05) is 62.2 Å². The lowest BCUT2D eigenvalue weighted by Gasteiger charge is -2.42. The van der Waals surface area contributed by atoms with Gasteiger partial charge in [0.2, 0.25) is 0 Å². The van der Waals surface area contributed by atoms with Crippen LogP contribution in [0.2, 0.25) is 0 Å². The Morgan fingerprint density at radius 1 is 1.08 bits per heavy atom. The van der Waals surface area contributed by atoms with Gasteiger partial charge in [0.15, 0.2) is 0 Å². The van der Waals surface area contributed by atoms with Crippen LogP contribution in [0, 0.1) is 11.3 Å². The first-order valence-corrected chi connectivity index (χ1v) is 12.9. The number of benzene rings is 1. The number of nitrogens with one attached hydrogen (secondary N) is 1. The second-order valence-electron chi connectivity index (χ2n) is 9.95. The standard InChI is InChI=1S/C27H32N8O/c1-19-16-35(25-5-4-20(13-28)27-22(25)3-2-7-30-27)18-21(36-19)17-33-9-11-34(12-10-33)26-15-31-23-6-8-29-14-24(23)32-26/h2-5,7,15,19,21,29H,6,8-12,14,16-18H2,1H3. The minimum Gasteiger partial charge on any atom is -0.370 e. The first kappa shape index (κ1) is 23.1. The first-order chi connectivity index (χ1) is 17.7. The zero-order chi connectivity index (χ0) is 24.5. The molecular formula is C27H32N8O. The fraction of sp³-hybridized carbons (Fsp3) is 0.481. The molecule has 3 aromatic rings.